The molecule has 0 spiro atoms. The molecule has 0 saturated heterocycles. The summed E-state index contributed by atoms with van der Waals surface area (Å²) in [4.78, 5) is 12.8. The first-order chi connectivity index (χ1) is 13.2. The van der Waals surface area contributed by atoms with Gasteiger partial charge in [-0.05, 0) is 48.2 Å². The highest BCUT2D eigenvalue weighted by Crippen LogP contribution is 2.27. The number of para-hydroxylation sites is 1. The van der Waals surface area contributed by atoms with Crippen molar-refractivity contribution in [3.8, 4) is 5.75 Å². The summed E-state index contributed by atoms with van der Waals surface area (Å²) in [5.74, 6) is 0.441. The number of benzene rings is 2. The Labute approximate surface area is 167 Å². The van der Waals surface area contributed by atoms with Gasteiger partial charge in [0.05, 0.1) is 18.6 Å². The average molecular weight is 405 g/mol. The second-order valence-electron chi connectivity index (χ2n) is 6.85. The lowest BCUT2D eigenvalue weighted by Crippen LogP contribution is -2.38. The third-order valence-corrected chi connectivity index (χ3v) is 6.50. The molecular formula is C21H28N2O4S. The first-order valence-corrected chi connectivity index (χ1v) is 10.7. The Kier molecular flexibility index (Phi) is 7.21. The van der Waals surface area contributed by atoms with Gasteiger partial charge in [0, 0.05) is 12.2 Å². The lowest BCUT2D eigenvalue weighted by molar-refractivity contribution is -0.116. The van der Waals surface area contributed by atoms with Gasteiger partial charge >= 0.3 is 0 Å². The molecule has 0 atom stereocenters. The highest BCUT2D eigenvalue weighted by molar-refractivity contribution is 7.89. The smallest absolute Gasteiger partial charge is 0.243 e. The monoisotopic (exact) mass is 404 g/mol. The van der Waals surface area contributed by atoms with Gasteiger partial charge in [-0.2, -0.15) is 4.31 Å². The summed E-state index contributed by atoms with van der Waals surface area (Å²) >= 11 is 0. The van der Waals surface area contributed by atoms with Crippen LogP contribution in [0.5, 0.6) is 5.75 Å². The topological polar surface area (TPSA) is 75.7 Å². The quantitative estimate of drug-likeness (QED) is 0.727. The Hall–Kier alpha value is -2.38. The zero-order chi connectivity index (χ0) is 20.9. The number of rotatable bonds is 8. The van der Waals surface area contributed by atoms with Crippen LogP contribution < -0.4 is 10.1 Å². The lowest BCUT2D eigenvalue weighted by Gasteiger charge is -2.22. The van der Waals surface area contributed by atoms with Crippen LogP contribution in [0.3, 0.4) is 0 Å². The standard InChI is InChI=1S/C21H28N2O4S/c1-6-23(28(25,26)18-12-10-17(27-5)11-13-18)14-20(24)22-21-16(4)8-7-9-19(21)15(2)3/h7-13,15H,6,14H2,1-5H3,(H,22,24). The van der Waals surface area contributed by atoms with Crippen molar-refractivity contribution in [1.82, 2.24) is 4.31 Å². The van der Waals surface area contributed by atoms with Crippen LogP contribution in [-0.2, 0) is 14.8 Å². The maximum absolute atomic E-state index is 12.9. The zero-order valence-corrected chi connectivity index (χ0v) is 17.8. The Morgan fingerprint density at radius 1 is 1.14 bits per heavy atom. The van der Waals surface area contributed by atoms with Crippen molar-refractivity contribution in [2.45, 2.75) is 38.5 Å². The largest absolute Gasteiger partial charge is 0.497 e. The molecule has 2 aromatic carbocycles. The van der Waals surface area contributed by atoms with Crippen molar-refractivity contribution < 1.29 is 17.9 Å². The molecule has 0 radical (unpaired) electrons. The fourth-order valence-electron chi connectivity index (χ4n) is 2.94. The fraction of sp³-hybridized carbons (Fsp3) is 0.381. The van der Waals surface area contributed by atoms with Crippen LogP contribution in [0.2, 0.25) is 0 Å². The number of sulfonamides is 1. The second-order valence-corrected chi connectivity index (χ2v) is 8.79. The van der Waals surface area contributed by atoms with Crippen molar-refractivity contribution in [2.75, 3.05) is 25.5 Å². The summed E-state index contributed by atoms with van der Waals surface area (Å²) in [6, 6.07) is 12.0. The molecular weight excluding hydrogens is 376 g/mol. The molecule has 0 aliphatic heterocycles. The SMILES string of the molecule is CCN(CC(=O)Nc1c(C)cccc1C(C)C)S(=O)(=O)c1ccc(OC)cc1. The highest BCUT2D eigenvalue weighted by Gasteiger charge is 2.26. The van der Waals surface area contributed by atoms with E-state index in [0.29, 0.717) is 5.75 Å². The molecule has 28 heavy (non-hydrogen) atoms. The Morgan fingerprint density at radius 2 is 1.79 bits per heavy atom. The number of methoxy groups -OCH3 is 1. The van der Waals surface area contributed by atoms with Crippen molar-refractivity contribution >= 4 is 21.6 Å². The van der Waals surface area contributed by atoms with Gasteiger partial charge in [0.25, 0.3) is 0 Å². The van der Waals surface area contributed by atoms with Crippen molar-refractivity contribution in [3.05, 3.63) is 53.6 Å². The van der Waals surface area contributed by atoms with Gasteiger partial charge in [-0.15, -0.1) is 0 Å². The number of nitrogens with zero attached hydrogens (tertiary/aromatic N) is 1. The minimum absolute atomic E-state index is 0.127. The van der Waals surface area contributed by atoms with E-state index in [2.05, 4.69) is 19.2 Å². The van der Waals surface area contributed by atoms with Crippen LogP contribution >= 0.6 is 0 Å². The van der Waals surface area contributed by atoms with E-state index in [1.54, 1.807) is 19.1 Å². The lowest BCUT2D eigenvalue weighted by atomic mass is 9.98. The van der Waals surface area contributed by atoms with Crippen LogP contribution in [0.15, 0.2) is 47.4 Å². The number of carbonyl (C=O) groups excluding carboxylic acids is 1. The van der Waals surface area contributed by atoms with E-state index in [0.717, 1.165) is 21.1 Å². The van der Waals surface area contributed by atoms with Gasteiger partial charge in [-0.3, -0.25) is 4.79 Å². The minimum Gasteiger partial charge on any atom is -0.497 e. The number of hydrogen-bond acceptors (Lipinski definition) is 4. The molecule has 0 aliphatic carbocycles. The van der Waals surface area contributed by atoms with E-state index in [-0.39, 0.29) is 29.8 Å². The van der Waals surface area contributed by atoms with E-state index in [4.69, 9.17) is 4.74 Å². The van der Waals surface area contributed by atoms with Crippen LogP contribution in [0.4, 0.5) is 5.69 Å². The van der Waals surface area contributed by atoms with Gasteiger partial charge < -0.3 is 10.1 Å². The molecule has 0 heterocycles. The predicted octanol–water partition coefficient (Wildman–Crippen LogP) is 3.78. The van der Waals surface area contributed by atoms with E-state index in [9.17, 15) is 13.2 Å². The van der Waals surface area contributed by atoms with Crippen LogP contribution in [0, 0.1) is 6.92 Å². The summed E-state index contributed by atoms with van der Waals surface area (Å²) < 4.78 is 32.0. The first kappa shape index (κ1) is 21.9. The Balaban J connectivity index is 2.21. The van der Waals surface area contributed by atoms with Gasteiger partial charge in [0.2, 0.25) is 15.9 Å². The van der Waals surface area contributed by atoms with Crippen LogP contribution in [-0.4, -0.2) is 38.8 Å². The molecule has 0 fully saturated rings. The maximum atomic E-state index is 12.9. The molecule has 7 heteroatoms. The zero-order valence-electron chi connectivity index (χ0n) is 17.0. The summed E-state index contributed by atoms with van der Waals surface area (Å²) in [7, 11) is -2.27. The maximum Gasteiger partial charge on any atom is 0.243 e. The molecule has 6 nitrogen and oxygen atoms in total. The molecule has 152 valence electrons. The van der Waals surface area contributed by atoms with Gasteiger partial charge in [-0.25, -0.2) is 8.42 Å². The summed E-state index contributed by atoms with van der Waals surface area (Å²) in [5.41, 5.74) is 2.72. The molecule has 1 amide bonds. The number of carbonyl (C=O) groups is 1. The number of likely N-dealkylation sites (N-methyl/N-ethyl adjacent to an activating group) is 1. The molecule has 0 aromatic heterocycles. The van der Waals surface area contributed by atoms with E-state index < -0.39 is 10.0 Å². The molecule has 0 bridgehead atoms. The van der Waals surface area contributed by atoms with Gasteiger partial charge in [-0.1, -0.05) is 39.0 Å². The van der Waals surface area contributed by atoms with Gasteiger partial charge in [0.15, 0.2) is 0 Å². The minimum atomic E-state index is -3.78. The van der Waals surface area contributed by atoms with E-state index in [1.807, 2.05) is 25.1 Å². The van der Waals surface area contributed by atoms with Gasteiger partial charge in [0.1, 0.15) is 5.75 Å². The normalized spacial score (nSPS) is 11.7. The number of aryl methyl sites for hydroxylation is 1. The fourth-order valence-corrected chi connectivity index (χ4v) is 4.35. The second kappa shape index (κ2) is 9.21. The molecule has 1 N–H and O–H groups in total. The first-order valence-electron chi connectivity index (χ1n) is 9.24. The van der Waals surface area contributed by atoms with Crippen molar-refractivity contribution in [1.29, 1.82) is 0 Å². The number of anilines is 1. The Bertz CT molecular complexity index is 922. The van der Waals surface area contributed by atoms with E-state index in [1.165, 1.54) is 19.2 Å². The number of nitrogens with one attached hydrogen (secondary N) is 1. The Morgan fingerprint density at radius 3 is 2.32 bits per heavy atom. The third-order valence-electron chi connectivity index (χ3n) is 4.56. The summed E-state index contributed by atoms with van der Waals surface area (Å²) in [5, 5.41) is 2.90. The van der Waals surface area contributed by atoms with Crippen molar-refractivity contribution in [2.24, 2.45) is 0 Å². The molecule has 2 rings (SSSR count). The van der Waals surface area contributed by atoms with Crippen LogP contribution in [0.25, 0.3) is 0 Å². The molecule has 0 unspecified atom stereocenters. The predicted molar refractivity (Wildman–Crippen MR) is 111 cm³/mol. The summed E-state index contributed by atoms with van der Waals surface area (Å²) in [6.45, 7) is 7.67. The highest BCUT2D eigenvalue weighted by atomic mass is 32.2. The van der Waals surface area contributed by atoms with E-state index >= 15 is 0 Å². The number of ether oxygens (including phenoxy) is 1. The van der Waals surface area contributed by atoms with Crippen LogP contribution in [0.1, 0.15) is 37.8 Å². The number of amides is 1. The molecule has 0 aliphatic rings. The summed E-state index contributed by atoms with van der Waals surface area (Å²) in [6.07, 6.45) is 0. The average Bonchev–Trinajstić information content (AvgIpc) is 2.67. The third kappa shape index (κ3) is 4.91. The molecule has 2 aromatic rings. The van der Waals surface area contributed by atoms with Crippen molar-refractivity contribution in [3.63, 3.8) is 0 Å². The number of hydrogen-bond donors (Lipinski definition) is 1. The molecule has 0 saturated carbocycles.